The topological polar surface area (TPSA) is 95.6 Å². The van der Waals surface area contributed by atoms with Gasteiger partial charge in [0.05, 0.1) is 10.8 Å². The largest absolute Gasteiger partial charge is 0.324 e. The fraction of sp³-hybridized carbons (Fsp3) is 0.364. The van der Waals surface area contributed by atoms with Crippen LogP contribution in [0.25, 0.3) is 0 Å². The number of carbonyl (C=O) groups is 2. The summed E-state index contributed by atoms with van der Waals surface area (Å²) in [5, 5.41) is 2.93. The molecule has 0 bridgehead atoms. The van der Waals surface area contributed by atoms with Gasteiger partial charge in [-0.05, 0) is 68.3 Å². The molecule has 7 nitrogen and oxygen atoms in total. The highest BCUT2D eigenvalue weighted by Gasteiger charge is 2.34. The summed E-state index contributed by atoms with van der Waals surface area (Å²) in [5.41, 5.74) is 3.85. The zero-order valence-corrected chi connectivity index (χ0v) is 19.5. The second kappa shape index (κ2) is 9.84. The van der Waals surface area contributed by atoms with E-state index in [0.717, 1.165) is 22.4 Å². The molecular formula is C22H27N3O4S2. The van der Waals surface area contributed by atoms with Gasteiger partial charge >= 0.3 is 0 Å². The van der Waals surface area contributed by atoms with Crippen molar-refractivity contribution in [1.29, 1.82) is 0 Å². The number of rotatable bonds is 7. The third kappa shape index (κ3) is 5.66. The van der Waals surface area contributed by atoms with Gasteiger partial charge in [0.25, 0.3) is 0 Å². The van der Waals surface area contributed by atoms with E-state index in [-0.39, 0.29) is 23.1 Å². The van der Waals surface area contributed by atoms with Crippen LogP contribution in [0.2, 0.25) is 0 Å². The monoisotopic (exact) mass is 461 g/mol. The van der Waals surface area contributed by atoms with Crippen LogP contribution in [0.4, 0.5) is 5.69 Å². The fourth-order valence-electron chi connectivity index (χ4n) is 3.30. The minimum atomic E-state index is -3.48. The molecule has 9 heteroatoms. The van der Waals surface area contributed by atoms with Crippen LogP contribution in [-0.4, -0.2) is 49.9 Å². The number of benzene rings is 2. The number of aryl methyl sites for hydroxylation is 3. The van der Waals surface area contributed by atoms with Crippen molar-refractivity contribution in [3.63, 3.8) is 0 Å². The van der Waals surface area contributed by atoms with Crippen molar-refractivity contribution < 1.29 is 18.0 Å². The Balaban J connectivity index is 1.59. The third-order valence-electron chi connectivity index (χ3n) is 5.41. The van der Waals surface area contributed by atoms with E-state index in [1.165, 1.54) is 19.2 Å². The maximum atomic E-state index is 12.8. The number of sulfonamides is 1. The van der Waals surface area contributed by atoms with Crippen molar-refractivity contribution in [2.45, 2.75) is 37.6 Å². The maximum absolute atomic E-state index is 12.8. The predicted molar refractivity (Wildman–Crippen MR) is 124 cm³/mol. The molecule has 2 aromatic rings. The first-order valence-corrected chi connectivity index (χ1v) is 12.6. The summed E-state index contributed by atoms with van der Waals surface area (Å²) in [5.74, 6) is 0.794. The Kier molecular flexibility index (Phi) is 7.40. The molecule has 1 aliphatic heterocycles. The average Bonchev–Trinajstić information content (AvgIpc) is 3.25. The lowest BCUT2D eigenvalue weighted by Crippen LogP contribution is -2.44. The highest BCUT2D eigenvalue weighted by atomic mass is 32.2. The molecule has 0 aromatic heterocycles. The van der Waals surface area contributed by atoms with E-state index < -0.39 is 16.1 Å². The first kappa shape index (κ1) is 23.3. The van der Waals surface area contributed by atoms with Gasteiger partial charge in [0.15, 0.2) is 0 Å². The average molecular weight is 462 g/mol. The number of hydrogen-bond acceptors (Lipinski definition) is 5. The molecule has 1 saturated heterocycles. The van der Waals surface area contributed by atoms with Crippen molar-refractivity contribution in [3.05, 3.63) is 59.2 Å². The molecule has 1 aliphatic rings. The van der Waals surface area contributed by atoms with Crippen LogP contribution in [0.1, 0.15) is 23.1 Å². The zero-order chi connectivity index (χ0) is 22.6. The van der Waals surface area contributed by atoms with Crippen LogP contribution in [-0.2, 0) is 26.0 Å². The number of nitrogens with zero attached hydrogens (tertiary/aromatic N) is 1. The van der Waals surface area contributed by atoms with E-state index in [2.05, 4.69) is 10.0 Å². The van der Waals surface area contributed by atoms with Gasteiger partial charge in [0.1, 0.15) is 6.04 Å². The maximum Gasteiger partial charge on any atom is 0.248 e. The van der Waals surface area contributed by atoms with E-state index in [0.29, 0.717) is 18.1 Å². The number of nitrogens with one attached hydrogen (secondary N) is 2. The Morgan fingerprint density at radius 3 is 2.45 bits per heavy atom. The van der Waals surface area contributed by atoms with Gasteiger partial charge in [-0.3, -0.25) is 9.59 Å². The highest BCUT2D eigenvalue weighted by Crippen LogP contribution is 2.24. The lowest BCUT2D eigenvalue weighted by Gasteiger charge is -2.23. The summed E-state index contributed by atoms with van der Waals surface area (Å²) in [7, 11) is -2.12. The van der Waals surface area contributed by atoms with Gasteiger partial charge in [-0.15, -0.1) is 11.8 Å². The lowest BCUT2D eigenvalue weighted by atomic mass is 10.1. The number of hydrogen-bond donors (Lipinski definition) is 2. The van der Waals surface area contributed by atoms with Crippen molar-refractivity contribution in [3.8, 4) is 0 Å². The standard InChI is InChI=1S/C22H27N3O4S2/c1-15-4-8-18(12-16(15)2)24-22(27)20-13-30-14-25(20)21(26)11-7-17-5-9-19(10-6-17)31(28,29)23-3/h4-6,8-10,12,20,23H,7,11,13-14H2,1-3H3,(H,24,27). The predicted octanol–water partition coefficient (Wildman–Crippen LogP) is 2.68. The van der Waals surface area contributed by atoms with Crippen molar-refractivity contribution in [2.75, 3.05) is 24.0 Å². The number of thioether (sulfide) groups is 1. The first-order valence-electron chi connectivity index (χ1n) is 9.99. The molecule has 0 radical (unpaired) electrons. The van der Waals surface area contributed by atoms with Gasteiger partial charge in [-0.2, -0.15) is 0 Å². The summed E-state index contributed by atoms with van der Waals surface area (Å²) in [6.07, 6.45) is 0.734. The van der Waals surface area contributed by atoms with Crippen LogP contribution in [0.5, 0.6) is 0 Å². The minimum absolute atomic E-state index is 0.0860. The third-order valence-corrected chi connectivity index (χ3v) is 7.85. The molecule has 2 aromatic carbocycles. The van der Waals surface area contributed by atoms with Crippen molar-refractivity contribution in [1.82, 2.24) is 9.62 Å². The Morgan fingerprint density at radius 1 is 1.10 bits per heavy atom. The Morgan fingerprint density at radius 2 is 1.81 bits per heavy atom. The van der Waals surface area contributed by atoms with Crippen LogP contribution >= 0.6 is 11.8 Å². The van der Waals surface area contributed by atoms with E-state index in [1.807, 2.05) is 32.0 Å². The van der Waals surface area contributed by atoms with Crippen LogP contribution in [0.15, 0.2) is 47.4 Å². The molecule has 0 aliphatic carbocycles. The van der Waals surface area contributed by atoms with Gasteiger partial charge in [-0.25, -0.2) is 13.1 Å². The highest BCUT2D eigenvalue weighted by molar-refractivity contribution is 7.99. The van der Waals surface area contributed by atoms with E-state index in [1.54, 1.807) is 28.8 Å². The van der Waals surface area contributed by atoms with Crippen LogP contribution in [0.3, 0.4) is 0 Å². The Hall–Kier alpha value is -2.36. The summed E-state index contributed by atoms with van der Waals surface area (Å²) < 4.78 is 25.9. The van der Waals surface area contributed by atoms with Gasteiger partial charge in [0, 0.05) is 17.9 Å². The molecule has 1 fully saturated rings. The van der Waals surface area contributed by atoms with E-state index in [4.69, 9.17) is 0 Å². The summed E-state index contributed by atoms with van der Waals surface area (Å²) in [4.78, 5) is 27.4. The van der Waals surface area contributed by atoms with Gasteiger partial charge < -0.3 is 10.2 Å². The molecule has 166 valence electrons. The Labute approximate surface area is 187 Å². The summed E-state index contributed by atoms with van der Waals surface area (Å²) in [6.45, 7) is 4.01. The van der Waals surface area contributed by atoms with Crippen LogP contribution in [0, 0.1) is 13.8 Å². The molecule has 0 spiro atoms. The molecule has 31 heavy (non-hydrogen) atoms. The second-order valence-electron chi connectivity index (χ2n) is 7.52. The molecule has 3 rings (SSSR count). The molecule has 2 N–H and O–H groups in total. The zero-order valence-electron chi connectivity index (χ0n) is 17.8. The number of carbonyl (C=O) groups excluding carboxylic acids is 2. The molecular weight excluding hydrogens is 434 g/mol. The van der Waals surface area contributed by atoms with Crippen LogP contribution < -0.4 is 10.0 Å². The van der Waals surface area contributed by atoms with Gasteiger partial charge in [0.2, 0.25) is 21.8 Å². The molecule has 2 amide bonds. The molecule has 1 unspecified atom stereocenters. The smallest absolute Gasteiger partial charge is 0.248 e. The van der Waals surface area contributed by atoms with Crippen molar-refractivity contribution in [2.24, 2.45) is 0 Å². The fourth-order valence-corrected chi connectivity index (χ4v) is 5.21. The van der Waals surface area contributed by atoms with Crippen molar-refractivity contribution >= 4 is 39.3 Å². The second-order valence-corrected chi connectivity index (χ2v) is 10.4. The lowest BCUT2D eigenvalue weighted by molar-refractivity contribution is -0.136. The minimum Gasteiger partial charge on any atom is -0.324 e. The normalized spacial score (nSPS) is 16.4. The quantitative estimate of drug-likeness (QED) is 0.661. The Bertz CT molecular complexity index is 1070. The summed E-state index contributed by atoms with van der Waals surface area (Å²) in [6, 6.07) is 11.7. The summed E-state index contributed by atoms with van der Waals surface area (Å²) >= 11 is 1.56. The molecule has 0 saturated carbocycles. The number of amides is 2. The van der Waals surface area contributed by atoms with E-state index in [9.17, 15) is 18.0 Å². The van der Waals surface area contributed by atoms with E-state index >= 15 is 0 Å². The first-order chi connectivity index (χ1) is 14.7. The molecule has 1 heterocycles. The molecule has 1 atom stereocenters. The number of anilines is 1. The van der Waals surface area contributed by atoms with Gasteiger partial charge in [-0.1, -0.05) is 18.2 Å². The SMILES string of the molecule is CNS(=O)(=O)c1ccc(CCC(=O)N2CSCC2C(=O)Nc2ccc(C)c(C)c2)cc1.